The molecule has 1 aromatic carbocycles. The molecule has 4 fully saturated rings. The number of hydrogen-bond acceptors (Lipinski definition) is 4. The van der Waals surface area contributed by atoms with Crippen LogP contribution in [0.2, 0.25) is 0 Å². The number of benzene rings is 1. The van der Waals surface area contributed by atoms with E-state index < -0.39 is 6.04 Å². The number of pyridine rings is 1. The number of carbonyl (C=O) groups is 1. The molecule has 4 saturated carbocycles. The molecule has 2 heterocycles. The summed E-state index contributed by atoms with van der Waals surface area (Å²) in [5.41, 5.74) is 1.55. The first-order chi connectivity index (χ1) is 16.5. The van der Waals surface area contributed by atoms with E-state index in [1.165, 1.54) is 38.5 Å². The smallest absolute Gasteiger partial charge is 0.258 e. The highest BCUT2D eigenvalue weighted by molar-refractivity contribution is 6.02. The molecule has 3 aromatic rings. The molecule has 0 radical (unpaired) electrons. The van der Waals surface area contributed by atoms with E-state index in [1.807, 2.05) is 18.2 Å². The van der Waals surface area contributed by atoms with Crippen LogP contribution in [0.15, 0.2) is 47.8 Å². The summed E-state index contributed by atoms with van der Waals surface area (Å²) in [4.78, 5) is 33.5. The van der Waals surface area contributed by atoms with Crippen molar-refractivity contribution in [3.8, 4) is 0 Å². The molecule has 1 amide bonds. The molecule has 0 spiro atoms. The van der Waals surface area contributed by atoms with Crippen molar-refractivity contribution in [1.29, 1.82) is 0 Å². The third-order valence-electron chi connectivity index (χ3n) is 8.56. The molecule has 2 aromatic heterocycles. The number of nitrogens with zero attached hydrogens (tertiary/aromatic N) is 2. The van der Waals surface area contributed by atoms with Crippen LogP contribution < -0.4 is 10.9 Å². The minimum atomic E-state index is -0.397. The molecule has 4 bridgehead atoms. The van der Waals surface area contributed by atoms with Crippen LogP contribution in [0.3, 0.4) is 0 Å². The highest BCUT2D eigenvalue weighted by atomic mass is 16.3. The minimum absolute atomic E-state index is 0.0612. The summed E-state index contributed by atoms with van der Waals surface area (Å²) in [6, 6.07) is 6.95. The largest absolute Gasteiger partial charge is 0.394 e. The van der Waals surface area contributed by atoms with Crippen molar-refractivity contribution in [1.82, 2.24) is 14.5 Å². The zero-order valence-electron chi connectivity index (χ0n) is 19.4. The Morgan fingerprint density at radius 1 is 1.15 bits per heavy atom. The van der Waals surface area contributed by atoms with Crippen molar-refractivity contribution in [3.63, 3.8) is 0 Å². The molecule has 178 valence electrons. The van der Waals surface area contributed by atoms with Crippen molar-refractivity contribution in [2.24, 2.45) is 23.2 Å². The molecule has 3 N–H and O–H groups in total. The molecule has 34 heavy (non-hydrogen) atoms. The van der Waals surface area contributed by atoms with Gasteiger partial charge in [0, 0.05) is 47.4 Å². The Bertz CT molecular complexity index is 1230. The summed E-state index contributed by atoms with van der Waals surface area (Å²) in [5.74, 6) is 2.51. The number of nitrogens with one attached hydrogen (secondary N) is 2. The summed E-state index contributed by atoms with van der Waals surface area (Å²) in [6.45, 7) is -0.161. The van der Waals surface area contributed by atoms with Crippen LogP contribution in [0.1, 0.15) is 56.7 Å². The molecule has 0 aliphatic heterocycles. The third-order valence-corrected chi connectivity index (χ3v) is 8.56. The van der Waals surface area contributed by atoms with E-state index in [4.69, 9.17) is 0 Å². The second-order valence-electron chi connectivity index (χ2n) is 11.1. The van der Waals surface area contributed by atoms with Crippen LogP contribution in [0.5, 0.6) is 0 Å². The fraction of sp³-hybridized carbons (Fsp3) is 0.519. The SMILES string of the molecule is O=C(CC12CC3CC(CC(C3)C1)C2)Nc1cccc2c(=O)n([C@H](CO)Cc3cnc[nH]3)ccc12. The van der Waals surface area contributed by atoms with Gasteiger partial charge in [-0.15, -0.1) is 0 Å². The van der Waals surface area contributed by atoms with Crippen molar-refractivity contribution in [3.05, 3.63) is 59.0 Å². The van der Waals surface area contributed by atoms with Crippen molar-refractivity contribution < 1.29 is 9.90 Å². The number of rotatable bonds is 7. The Morgan fingerprint density at radius 3 is 2.53 bits per heavy atom. The van der Waals surface area contributed by atoms with Crippen molar-refractivity contribution in [2.75, 3.05) is 11.9 Å². The van der Waals surface area contributed by atoms with E-state index in [2.05, 4.69) is 15.3 Å². The summed E-state index contributed by atoms with van der Waals surface area (Å²) >= 11 is 0. The van der Waals surface area contributed by atoms with Crippen LogP contribution in [0, 0.1) is 23.2 Å². The Morgan fingerprint density at radius 2 is 1.88 bits per heavy atom. The number of carbonyl (C=O) groups excluding carboxylic acids is 1. The van der Waals surface area contributed by atoms with Gasteiger partial charge in [-0.25, -0.2) is 4.98 Å². The number of H-pyrrole nitrogens is 1. The number of hydrogen-bond donors (Lipinski definition) is 3. The van der Waals surface area contributed by atoms with Crippen LogP contribution in [0.4, 0.5) is 5.69 Å². The molecule has 4 aliphatic carbocycles. The van der Waals surface area contributed by atoms with Gasteiger partial charge in [-0.2, -0.15) is 0 Å². The fourth-order valence-electron chi connectivity index (χ4n) is 7.63. The van der Waals surface area contributed by atoms with E-state index in [9.17, 15) is 14.7 Å². The molecule has 7 heteroatoms. The normalized spacial score (nSPS) is 28.3. The van der Waals surface area contributed by atoms with Crippen molar-refractivity contribution >= 4 is 22.4 Å². The summed E-state index contributed by atoms with van der Waals surface area (Å²) in [7, 11) is 0. The standard InChI is InChI=1S/C27H32N4O3/c32-15-21(9-20-14-28-16-29-20)31-5-4-22-23(26(31)34)2-1-3-24(22)30-25(33)13-27-10-17-6-18(11-27)8-19(7-17)12-27/h1-5,14,16-19,21,32H,6-13,15H2,(H,28,29)(H,30,33)/t17?,18?,19?,21-,27?/m0/s1. The number of fused-ring (bicyclic) bond motifs is 1. The quantitative estimate of drug-likeness (QED) is 0.495. The van der Waals surface area contributed by atoms with E-state index in [-0.39, 0.29) is 23.5 Å². The van der Waals surface area contributed by atoms with Crippen LogP contribution in [-0.4, -0.2) is 32.2 Å². The highest BCUT2D eigenvalue weighted by Crippen LogP contribution is 2.61. The summed E-state index contributed by atoms with van der Waals surface area (Å²) in [6.07, 6.45) is 13.8. The molecule has 0 unspecified atom stereocenters. The van der Waals surface area contributed by atoms with Gasteiger partial charge in [0.2, 0.25) is 5.91 Å². The average molecular weight is 461 g/mol. The number of aliphatic hydroxyl groups is 1. The highest BCUT2D eigenvalue weighted by Gasteiger charge is 2.51. The van der Waals surface area contributed by atoms with Gasteiger partial charge in [-0.05, 0) is 79.9 Å². The predicted molar refractivity (Wildman–Crippen MR) is 130 cm³/mol. The van der Waals surface area contributed by atoms with E-state index >= 15 is 0 Å². The lowest BCUT2D eigenvalue weighted by atomic mass is 9.49. The molecule has 0 saturated heterocycles. The number of amides is 1. The Hall–Kier alpha value is -2.93. The first kappa shape index (κ1) is 21.6. The molecule has 4 aliphatic rings. The molecule has 7 rings (SSSR count). The number of anilines is 1. The van der Waals surface area contributed by atoms with E-state index in [0.717, 1.165) is 28.8 Å². The van der Waals surface area contributed by atoms with E-state index in [0.29, 0.717) is 23.9 Å². The predicted octanol–water partition coefficient (Wildman–Crippen LogP) is 4.05. The number of aromatic amines is 1. The van der Waals surface area contributed by atoms with Gasteiger partial charge in [-0.3, -0.25) is 9.59 Å². The van der Waals surface area contributed by atoms with Gasteiger partial charge >= 0.3 is 0 Å². The van der Waals surface area contributed by atoms with Gasteiger partial charge < -0.3 is 20.0 Å². The maximum Gasteiger partial charge on any atom is 0.258 e. The van der Waals surface area contributed by atoms with Gasteiger partial charge in [-0.1, -0.05) is 6.07 Å². The Labute approximate surface area is 198 Å². The number of aromatic nitrogens is 3. The van der Waals surface area contributed by atoms with Crippen LogP contribution in [0.25, 0.3) is 10.8 Å². The first-order valence-corrected chi connectivity index (χ1v) is 12.5. The molecule has 7 nitrogen and oxygen atoms in total. The van der Waals surface area contributed by atoms with Gasteiger partial charge in [0.15, 0.2) is 0 Å². The summed E-state index contributed by atoms with van der Waals surface area (Å²) < 4.78 is 1.57. The number of imidazole rings is 1. The molecular formula is C27H32N4O3. The second kappa shape index (κ2) is 8.38. The summed E-state index contributed by atoms with van der Waals surface area (Å²) in [5, 5.41) is 14.4. The van der Waals surface area contributed by atoms with Gasteiger partial charge in [0.05, 0.1) is 19.0 Å². The maximum atomic E-state index is 13.3. The minimum Gasteiger partial charge on any atom is -0.394 e. The van der Waals surface area contributed by atoms with Gasteiger partial charge in [0.1, 0.15) is 0 Å². The second-order valence-corrected chi connectivity index (χ2v) is 11.1. The monoisotopic (exact) mass is 460 g/mol. The van der Waals surface area contributed by atoms with Gasteiger partial charge in [0.25, 0.3) is 5.56 Å². The zero-order valence-corrected chi connectivity index (χ0v) is 19.4. The van der Waals surface area contributed by atoms with Crippen LogP contribution in [-0.2, 0) is 11.2 Å². The Balaban J connectivity index is 1.23. The third kappa shape index (κ3) is 3.86. The lowest BCUT2D eigenvalue weighted by molar-refractivity contribution is -0.124. The fourth-order valence-corrected chi connectivity index (χ4v) is 7.63. The lowest BCUT2D eigenvalue weighted by Crippen LogP contribution is -2.47. The van der Waals surface area contributed by atoms with E-state index in [1.54, 1.807) is 29.4 Å². The molecule has 1 atom stereocenters. The lowest BCUT2D eigenvalue weighted by Gasteiger charge is -2.56. The Kier molecular flexibility index (Phi) is 5.32. The zero-order chi connectivity index (χ0) is 23.3. The first-order valence-electron chi connectivity index (χ1n) is 12.5. The van der Waals surface area contributed by atoms with Crippen molar-refractivity contribution in [2.45, 2.75) is 57.4 Å². The topological polar surface area (TPSA) is 100 Å². The maximum absolute atomic E-state index is 13.3. The van der Waals surface area contributed by atoms with Crippen LogP contribution >= 0.6 is 0 Å². The average Bonchev–Trinajstić information content (AvgIpc) is 3.30. The molecular weight excluding hydrogens is 428 g/mol. The number of aliphatic hydroxyl groups excluding tert-OH is 1.